The van der Waals surface area contributed by atoms with Crippen LogP contribution in [0.2, 0.25) is 0 Å². The summed E-state index contributed by atoms with van der Waals surface area (Å²) < 4.78 is 38.0. The highest BCUT2D eigenvalue weighted by atomic mass is 19.1. The highest BCUT2D eigenvalue weighted by Crippen LogP contribution is 2.25. The molecule has 0 saturated carbocycles. The fourth-order valence-corrected chi connectivity index (χ4v) is 2.70. The first kappa shape index (κ1) is 16.0. The van der Waals surface area contributed by atoms with Crippen molar-refractivity contribution in [1.29, 1.82) is 0 Å². The van der Waals surface area contributed by atoms with Crippen LogP contribution in [0.1, 0.15) is 5.56 Å². The van der Waals surface area contributed by atoms with Crippen molar-refractivity contribution < 1.29 is 18.3 Å². The summed E-state index contributed by atoms with van der Waals surface area (Å²) >= 11 is 0. The predicted octanol–water partition coefficient (Wildman–Crippen LogP) is 2.20. The van der Waals surface area contributed by atoms with Crippen LogP contribution in [0.4, 0.5) is 8.78 Å². The van der Waals surface area contributed by atoms with Gasteiger partial charge in [-0.25, -0.2) is 8.78 Å². The third kappa shape index (κ3) is 3.93. The van der Waals surface area contributed by atoms with Crippen LogP contribution in [0, 0.1) is 11.6 Å². The van der Waals surface area contributed by atoms with Gasteiger partial charge in [-0.05, 0) is 19.2 Å². The Balaban J connectivity index is 1.70. The zero-order chi connectivity index (χ0) is 16.2. The van der Waals surface area contributed by atoms with Gasteiger partial charge >= 0.3 is 0 Å². The third-order valence-electron chi connectivity index (χ3n) is 3.76. The van der Waals surface area contributed by atoms with E-state index in [1.54, 1.807) is 6.20 Å². The van der Waals surface area contributed by atoms with Crippen LogP contribution in [-0.4, -0.2) is 54.6 Å². The Morgan fingerprint density at radius 3 is 2.96 bits per heavy atom. The van der Waals surface area contributed by atoms with E-state index in [1.165, 1.54) is 12.1 Å². The van der Waals surface area contributed by atoms with E-state index in [2.05, 4.69) is 15.1 Å². The lowest BCUT2D eigenvalue weighted by atomic mass is 10.1. The van der Waals surface area contributed by atoms with Gasteiger partial charge in [0.2, 0.25) is 0 Å². The molecular weight excluding hydrogens is 304 g/mol. The molecule has 1 aromatic carbocycles. The molecule has 2 aromatic rings. The second-order valence-corrected chi connectivity index (χ2v) is 5.66. The van der Waals surface area contributed by atoms with Crippen LogP contribution in [0.5, 0.6) is 0 Å². The van der Waals surface area contributed by atoms with Crippen LogP contribution in [0.25, 0.3) is 11.3 Å². The smallest absolute Gasteiger partial charge is 0.135 e. The maximum atomic E-state index is 14.0. The fourth-order valence-electron chi connectivity index (χ4n) is 2.70. The largest absolute Gasteiger partial charge is 0.376 e. The SMILES string of the molecule is CN(Cc1cn[nH]c1-c1ccc(F)cc1F)C[C@@H]1COCCO1. The number of rotatable bonds is 5. The Bertz CT molecular complexity index is 657. The van der Waals surface area contributed by atoms with Crippen molar-refractivity contribution in [2.75, 3.05) is 33.4 Å². The molecule has 1 fully saturated rings. The Morgan fingerprint density at radius 2 is 2.22 bits per heavy atom. The van der Waals surface area contributed by atoms with Crippen molar-refractivity contribution in [2.24, 2.45) is 0 Å². The van der Waals surface area contributed by atoms with E-state index in [0.717, 1.165) is 11.6 Å². The molecule has 0 spiro atoms. The van der Waals surface area contributed by atoms with Crippen molar-refractivity contribution in [3.63, 3.8) is 0 Å². The van der Waals surface area contributed by atoms with Gasteiger partial charge in [-0.1, -0.05) is 0 Å². The number of aromatic nitrogens is 2. The van der Waals surface area contributed by atoms with E-state index >= 15 is 0 Å². The quantitative estimate of drug-likeness (QED) is 0.916. The van der Waals surface area contributed by atoms with Gasteiger partial charge in [0.1, 0.15) is 11.6 Å². The molecule has 7 heteroatoms. The Labute approximate surface area is 133 Å². The van der Waals surface area contributed by atoms with Crippen molar-refractivity contribution in [2.45, 2.75) is 12.6 Å². The van der Waals surface area contributed by atoms with Crippen molar-refractivity contribution in [3.05, 3.63) is 41.6 Å². The van der Waals surface area contributed by atoms with E-state index in [-0.39, 0.29) is 6.10 Å². The van der Waals surface area contributed by atoms with Crippen LogP contribution in [-0.2, 0) is 16.0 Å². The first-order valence-corrected chi connectivity index (χ1v) is 7.49. The number of hydrogen-bond acceptors (Lipinski definition) is 4. The summed E-state index contributed by atoms with van der Waals surface area (Å²) in [5.74, 6) is -1.21. The predicted molar refractivity (Wildman–Crippen MR) is 80.8 cm³/mol. The van der Waals surface area contributed by atoms with Crippen molar-refractivity contribution in [1.82, 2.24) is 15.1 Å². The number of benzene rings is 1. The van der Waals surface area contributed by atoms with E-state index < -0.39 is 11.6 Å². The molecule has 0 aliphatic carbocycles. The molecule has 0 radical (unpaired) electrons. The molecule has 2 heterocycles. The molecule has 1 N–H and O–H groups in total. The number of nitrogens with one attached hydrogen (secondary N) is 1. The number of likely N-dealkylation sites (N-methyl/N-ethyl adjacent to an activating group) is 1. The minimum Gasteiger partial charge on any atom is -0.376 e. The molecule has 23 heavy (non-hydrogen) atoms. The van der Waals surface area contributed by atoms with Gasteiger partial charge in [-0.3, -0.25) is 10.00 Å². The number of ether oxygens (including phenoxy) is 2. The molecule has 1 aromatic heterocycles. The zero-order valence-corrected chi connectivity index (χ0v) is 12.9. The van der Waals surface area contributed by atoms with Gasteiger partial charge in [0.15, 0.2) is 0 Å². The molecular formula is C16H19F2N3O2. The monoisotopic (exact) mass is 323 g/mol. The molecule has 1 saturated heterocycles. The van der Waals surface area contributed by atoms with E-state index in [9.17, 15) is 8.78 Å². The van der Waals surface area contributed by atoms with Crippen molar-refractivity contribution >= 4 is 0 Å². The number of H-pyrrole nitrogens is 1. The molecule has 1 aliphatic rings. The lowest BCUT2D eigenvalue weighted by molar-refractivity contribution is -0.0962. The maximum Gasteiger partial charge on any atom is 0.135 e. The normalized spacial score (nSPS) is 18.5. The first-order valence-electron chi connectivity index (χ1n) is 7.49. The topological polar surface area (TPSA) is 50.4 Å². The van der Waals surface area contributed by atoms with Crippen LogP contribution < -0.4 is 0 Å². The summed E-state index contributed by atoms with van der Waals surface area (Å²) in [4.78, 5) is 2.06. The standard InChI is InChI=1S/C16H19F2N3O2/c1-21(9-13-10-22-4-5-23-13)8-11-7-19-20-16(11)14-3-2-12(17)6-15(14)18/h2-3,6-7,13H,4-5,8-10H2,1H3,(H,19,20)/t13-/m1/s1. The zero-order valence-electron chi connectivity index (χ0n) is 12.9. The van der Waals surface area contributed by atoms with Gasteiger partial charge in [0, 0.05) is 30.3 Å². The fraction of sp³-hybridized carbons (Fsp3) is 0.438. The minimum absolute atomic E-state index is 0.0339. The third-order valence-corrected chi connectivity index (χ3v) is 3.76. The summed E-state index contributed by atoms with van der Waals surface area (Å²) in [6, 6.07) is 3.52. The second-order valence-electron chi connectivity index (χ2n) is 5.66. The lowest BCUT2D eigenvalue weighted by Gasteiger charge is -2.27. The first-order chi connectivity index (χ1) is 11.1. The number of hydrogen-bond donors (Lipinski definition) is 1. The van der Waals surface area contributed by atoms with Gasteiger partial charge in [-0.2, -0.15) is 5.10 Å². The molecule has 5 nitrogen and oxygen atoms in total. The molecule has 0 bridgehead atoms. The highest BCUT2D eigenvalue weighted by Gasteiger charge is 2.19. The molecule has 0 unspecified atom stereocenters. The molecule has 0 amide bonds. The van der Waals surface area contributed by atoms with Crippen LogP contribution >= 0.6 is 0 Å². The van der Waals surface area contributed by atoms with Crippen LogP contribution in [0.15, 0.2) is 24.4 Å². The summed E-state index contributed by atoms with van der Waals surface area (Å²) in [6.07, 6.45) is 1.69. The van der Waals surface area contributed by atoms with Gasteiger partial charge < -0.3 is 9.47 Å². The highest BCUT2D eigenvalue weighted by molar-refractivity contribution is 5.63. The number of nitrogens with zero attached hydrogens (tertiary/aromatic N) is 2. The molecule has 1 aliphatic heterocycles. The Hall–Kier alpha value is -1.83. The van der Waals surface area contributed by atoms with E-state index in [4.69, 9.17) is 9.47 Å². The molecule has 3 rings (SSSR count). The summed E-state index contributed by atoms with van der Waals surface area (Å²) in [5.41, 5.74) is 1.72. The van der Waals surface area contributed by atoms with E-state index in [0.29, 0.717) is 44.2 Å². The van der Waals surface area contributed by atoms with E-state index in [1.807, 2.05) is 7.05 Å². The van der Waals surface area contributed by atoms with Crippen molar-refractivity contribution in [3.8, 4) is 11.3 Å². The maximum absolute atomic E-state index is 14.0. The summed E-state index contributed by atoms with van der Waals surface area (Å²) in [5, 5.41) is 6.79. The Morgan fingerprint density at radius 1 is 1.35 bits per heavy atom. The average molecular weight is 323 g/mol. The lowest BCUT2D eigenvalue weighted by Crippen LogP contribution is -2.38. The average Bonchev–Trinajstić information content (AvgIpc) is 2.96. The van der Waals surface area contributed by atoms with Crippen LogP contribution in [0.3, 0.4) is 0 Å². The summed E-state index contributed by atoms with van der Waals surface area (Å²) in [6.45, 7) is 3.10. The molecule has 1 atom stereocenters. The van der Waals surface area contributed by atoms with Gasteiger partial charge in [0.25, 0.3) is 0 Å². The van der Waals surface area contributed by atoms with Gasteiger partial charge in [0.05, 0.1) is 37.8 Å². The number of aromatic amines is 1. The Kier molecular flexibility index (Phi) is 5.00. The molecule has 124 valence electrons. The summed E-state index contributed by atoms with van der Waals surface area (Å²) in [7, 11) is 1.95. The second kappa shape index (κ2) is 7.16. The minimum atomic E-state index is -0.609. The van der Waals surface area contributed by atoms with Gasteiger partial charge in [-0.15, -0.1) is 0 Å². The number of halogens is 2.